The predicted molar refractivity (Wildman–Crippen MR) is 125 cm³/mol. The number of benzene rings is 2. The molecule has 0 N–H and O–H groups in total. The van der Waals surface area contributed by atoms with Crippen molar-refractivity contribution in [2.24, 2.45) is 0 Å². The minimum atomic E-state index is 1.08. The lowest BCUT2D eigenvalue weighted by molar-refractivity contribution is 1.09. The number of rotatable bonds is 0. The van der Waals surface area contributed by atoms with Gasteiger partial charge in [0.05, 0.1) is 5.52 Å². The molecule has 0 aliphatic heterocycles. The summed E-state index contributed by atoms with van der Waals surface area (Å²) < 4.78 is 0. The van der Waals surface area contributed by atoms with E-state index in [1.54, 1.807) is 0 Å². The van der Waals surface area contributed by atoms with Gasteiger partial charge < -0.3 is 0 Å². The van der Waals surface area contributed by atoms with Crippen LogP contribution in [-0.4, -0.2) is 9.97 Å². The number of aryl methyl sites for hydroxylation is 2. The minimum absolute atomic E-state index is 1.08. The van der Waals surface area contributed by atoms with E-state index in [1.165, 1.54) is 34.6 Å². The van der Waals surface area contributed by atoms with Crippen LogP contribution in [0.25, 0.3) is 21.7 Å². The molecule has 2 aromatic carbocycles. The number of aromatic nitrogens is 2. The molecule has 4 rings (SSSR count). The van der Waals surface area contributed by atoms with Gasteiger partial charge in [-0.1, -0.05) is 83.0 Å². The summed E-state index contributed by atoms with van der Waals surface area (Å²) in [5.74, 6) is 0. The zero-order valence-electron chi connectivity index (χ0n) is 18.2. The van der Waals surface area contributed by atoms with E-state index in [0.717, 1.165) is 11.2 Å². The molecule has 0 aliphatic rings. The van der Waals surface area contributed by atoms with E-state index in [4.69, 9.17) is 0 Å². The van der Waals surface area contributed by atoms with Gasteiger partial charge in [0.25, 0.3) is 0 Å². The maximum Gasteiger partial charge on any atom is 0.0704 e. The van der Waals surface area contributed by atoms with Crippen LogP contribution in [0.15, 0.2) is 73.1 Å². The lowest BCUT2D eigenvalue weighted by atomic mass is 10.1. The van der Waals surface area contributed by atoms with Gasteiger partial charge in [0.2, 0.25) is 0 Å². The lowest BCUT2D eigenvalue weighted by Crippen LogP contribution is -1.80. The Labute approximate surface area is 170 Å². The fourth-order valence-electron chi connectivity index (χ4n) is 2.53. The van der Waals surface area contributed by atoms with Crippen molar-refractivity contribution in [1.29, 1.82) is 0 Å². The Kier molecular flexibility index (Phi) is 11.2. The smallest absolute Gasteiger partial charge is 0.0704 e. The fraction of sp³-hybridized carbons (Fsp3) is 0.308. The highest BCUT2D eigenvalue weighted by Gasteiger charge is 1.94. The molecule has 4 aromatic rings. The van der Waals surface area contributed by atoms with E-state index in [0.29, 0.717) is 0 Å². The lowest BCUT2D eigenvalue weighted by Gasteiger charge is -1.97. The summed E-state index contributed by atoms with van der Waals surface area (Å²) in [4.78, 5) is 8.45. The first-order chi connectivity index (χ1) is 13.6. The van der Waals surface area contributed by atoms with E-state index in [2.05, 4.69) is 68.9 Å². The number of hydrogen-bond donors (Lipinski definition) is 0. The quantitative estimate of drug-likeness (QED) is 0.312. The van der Waals surface area contributed by atoms with Crippen molar-refractivity contribution in [3.63, 3.8) is 0 Å². The van der Waals surface area contributed by atoms with Gasteiger partial charge in [0, 0.05) is 28.9 Å². The molecule has 0 amide bonds. The third-order valence-corrected chi connectivity index (χ3v) is 3.74. The molecular weight excluding hydrogens is 340 g/mol. The van der Waals surface area contributed by atoms with Gasteiger partial charge in [-0.05, 0) is 43.0 Å². The van der Waals surface area contributed by atoms with Gasteiger partial charge in [-0.2, -0.15) is 0 Å². The largest absolute Gasteiger partial charge is 0.261 e. The van der Waals surface area contributed by atoms with Crippen molar-refractivity contribution >= 4 is 21.7 Å². The van der Waals surface area contributed by atoms with Crippen LogP contribution in [0.1, 0.15) is 51.8 Å². The minimum Gasteiger partial charge on any atom is -0.261 e. The molecule has 0 spiro atoms. The van der Waals surface area contributed by atoms with Crippen molar-refractivity contribution in [1.82, 2.24) is 9.97 Å². The summed E-state index contributed by atoms with van der Waals surface area (Å²) in [6.45, 7) is 12.6. The Bertz CT molecular complexity index is 855. The Morgan fingerprint density at radius 1 is 0.607 bits per heavy atom. The maximum absolute atomic E-state index is 4.24. The molecule has 0 saturated carbocycles. The number of fused-ring (bicyclic) bond motifs is 2. The van der Waals surface area contributed by atoms with Crippen LogP contribution in [0.3, 0.4) is 0 Å². The predicted octanol–water partition coefficient (Wildman–Crippen LogP) is 7.92. The summed E-state index contributed by atoms with van der Waals surface area (Å²) in [7, 11) is 0. The Hall–Kier alpha value is -2.74. The third kappa shape index (κ3) is 7.48. The first-order valence-corrected chi connectivity index (χ1v) is 10.2. The molecule has 2 aromatic heterocycles. The van der Waals surface area contributed by atoms with Crippen LogP contribution < -0.4 is 0 Å². The second-order valence-electron chi connectivity index (χ2n) is 6.68. The second kappa shape index (κ2) is 13.4. The normalized spacial score (nSPS) is 9.36. The van der Waals surface area contributed by atoms with E-state index >= 15 is 0 Å². The third-order valence-electron chi connectivity index (χ3n) is 3.74. The van der Waals surface area contributed by atoms with Crippen LogP contribution >= 0.6 is 0 Å². The van der Waals surface area contributed by atoms with Crippen LogP contribution in [-0.2, 0) is 0 Å². The molecule has 148 valence electrons. The number of pyridine rings is 2. The summed E-state index contributed by atoms with van der Waals surface area (Å²) in [5, 5.41) is 3.75. The highest BCUT2D eigenvalue weighted by molar-refractivity contribution is 5.84. The Balaban J connectivity index is 0.000000220. The first-order valence-electron chi connectivity index (χ1n) is 10.2. The molecule has 0 aliphatic carbocycles. The Morgan fingerprint density at radius 2 is 1.25 bits per heavy atom. The van der Waals surface area contributed by atoms with Gasteiger partial charge in [0.15, 0.2) is 0 Å². The standard InChI is InChI=1S/2C10H9N.2C3H8/c1-8-4-2-6-10-9(8)5-3-7-11-10;1-8-10-5-3-2-4-9(10)6-7-11-8;2*1-3-2/h2*2-7H,1H3;2*3H2,1-2H3. The van der Waals surface area contributed by atoms with Crippen LogP contribution in [0.2, 0.25) is 0 Å². The monoisotopic (exact) mass is 374 g/mol. The summed E-state index contributed by atoms with van der Waals surface area (Å²) in [6.07, 6.45) is 6.17. The summed E-state index contributed by atoms with van der Waals surface area (Å²) >= 11 is 0. The van der Waals surface area contributed by atoms with Crippen molar-refractivity contribution in [3.05, 3.63) is 84.3 Å². The second-order valence-corrected chi connectivity index (χ2v) is 6.68. The van der Waals surface area contributed by atoms with Gasteiger partial charge in [0.1, 0.15) is 0 Å². The first kappa shape index (κ1) is 23.3. The van der Waals surface area contributed by atoms with Gasteiger partial charge in [-0.15, -0.1) is 0 Å². The summed E-state index contributed by atoms with van der Waals surface area (Å²) in [5.41, 5.74) is 3.46. The molecular formula is C26H34N2. The van der Waals surface area contributed by atoms with Gasteiger partial charge >= 0.3 is 0 Å². The van der Waals surface area contributed by atoms with Gasteiger partial charge in [-0.25, -0.2) is 0 Å². The molecule has 2 heterocycles. The molecule has 0 fully saturated rings. The molecule has 0 unspecified atom stereocenters. The van der Waals surface area contributed by atoms with Crippen LogP contribution in [0.5, 0.6) is 0 Å². The maximum atomic E-state index is 4.24. The van der Waals surface area contributed by atoms with E-state index in [9.17, 15) is 0 Å². The van der Waals surface area contributed by atoms with E-state index < -0.39 is 0 Å². The van der Waals surface area contributed by atoms with Crippen LogP contribution in [0.4, 0.5) is 0 Å². The average Bonchev–Trinajstić information content (AvgIpc) is 2.71. The van der Waals surface area contributed by atoms with Crippen LogP contribution in [0, 0.1) is 13.8 Å². The highest BCUT2D eigenvalue weighted by atomic mass is 14.7. The van der Waals surface area contributed by atoms with Gasteiger partial charge in [-0.3, -0.25) is 9.97 Å². The molecule has 0 saturated heterocycles. The zero-order chi connectivity index (χ0) is 20.8. The molecule has 0 atom stereocenters. The number of hydrogen-bond acceptors (Lipinski definition) is 2. The molecule has 0 radical (unpaired) electrons. The van der Waals surface area contributed by atoms with Crippen molar-refractivity contribution < 1.29 is 0 Å². The summed E-state index contributed by atoms with van der Waals surface area (Å²) in [6, 6.07) is 20.5. The van der Waals surface area contributed by atoms with Crippen molar-refractivity contribution in [2.75, 3.05) is 0 Å². The fourth-order valence-corrected chi connectivity index (χ4v) is 2.53. The average molecular weight is 375 g/mol. The van der Waals surface area contributed by atoms with Crippen molar-refractivity contribution in [2.45, 2.75) is 54.4 Å². The highest BCUT2D eigenvalue weighted by Crippen LogP contribution is 2.15. The van der Waals surface area contributed by atoms with E-state index in [-0.39, 0.29) is 0 Å². The van der Waals surface area contributed by atoms with Crippen molar-refractivity contribution in [3.8, 4) is 0 Å². The zero-order valence-corrected chi connectivity index (χ0v) is 18.2. The van der Waals surface area contributed by atoms with E-state index in [1.807, 2.05) is 55.7 Å². The number of nitrogens with zero attached hydrogens (tertiary/aromatic N) is 2. The SMILES string of the molecule is CCC.CCC.Cc1cccc2ncccc12.Cc1nccc2ccccc12. The molecule has 28 heavy (non-hydrogen) atoms. The molecule has 2 nitrogen and oxygen atoms in total. The Morgan fingerprint density at radius 3 is 1.89 bits per heavy atom. The molecule has 2 heteroatoms. The molecule has 0 bridgehead atoms. The topological polar surface area (TPSA) is 25.8 Å².